The minimum absolute atomic E-state index is 0.188. The van der Waals surface area contributed by atoms with E-state index in [4.69, 9.17) is 14.2 Å². The molecular weight excluding hydrogens is 220 g/mol. The predicted octanol–water partition coefficient (Wildman–Crippen LogP) is 2.18. The molecule has 4 heteroatoms. The zero-order chi connectivity index (χ0) is 12.3. The normalized spacial score (nSPS) is 22.8. The van der Waals surface area contributed by atoms with Crippen molar-refractivity contribution in [1.29, 1.82) is 0 Å². The molecule has 1 heterocycles. The van der Waals surface area contributed by atoms with Crippen molar-refractivity contribution < 1.29 is 19.0 Å². The quantitative estimate of drug-likeness (QED) is 0.548. The lowest BCUT2D eigenvalue weighted by atomic mass is 9.87. The first-order chi connectivity index (χ1) is 8.17. The molecule has 0 unspecified atom stereocenters. The van der Waals surface area contributed by atoms with Crippen LogP contribution in [0.2, 0.25) is 0 Å². The van der Waals surface area contributed by atoms with Crippen molar-refractivity contribution in [3.63, 3.8) is 0 Å². The molecule has 0 aromatic carbocycles. The molecule has 0 N–H and O–H groups in total. The number of carbonyl (C=O) groups excluding carboxylic acids is 1. The third kappa shape index (κ3) is 2.69. The summed E-state index contributed by atoms with van der Waals surface area (Å²) < 4.78 is 16.3. The molecule has 0 atom stereocenters. The maximum atomic E-state index is 11.6. The molecule has 96 valence electrons. The van der Waals surface area contributed by atoms with E-state index in [-0.39, 0.29) is 11.8 Å². The largest absolute Gasteiger partial charge is 0.463 e. The van der Waals surface area contributed by atoms with Crippen molar-refractivity contribution in [2.24, 2.45) is 0 Å². The maximum Gasteiger partial charge on any atom is 0.333 e. The summed E-state index contributed by atoms with van der Waals surface area (Å²) in [6.45, 7) is 5.49. The van der Waals surface area contributed by atoms with E-state index in [0.717, 1.165) is 31.3 Å². The average Bonchev–Trinajstić information content (AvgIpc) is 2.78. The van der Waals surface area contributed by atoms with Crippen LogP contribution in [0.1, 0.15) is 39.5 Å². The number of hydrogen-bond donors (Lipinski definition) is 0. The van der Waals surface area contributed by atoms with Gasteiger partial charge in [0.1, 0.15) is 0 Å². The average molecular weight is 240 g/mol. The first kappa shape index (κ1) is 12.6. The lowest BCUT2D eigenvalue weighted by Crippen LogP contribution is -2.33. The van der Waals surface area contributed by atoms with E-state index < -0.39 is 0 Å². The molecule has 2 fully saturated rings. The highest BCUT2D eigenvalue weighted by Gasteiger charge is 2.39. The Morgan fingerprint density at radius 2 is 1.88 bits per heavy atom. The van der Waals surface area contributed by atoms with Gasteiger partial charge >= 0.3 is 5.97 Å². The van der Waals surface area contributed by atoms with E-state index in [1.54, 1.807) is 0 Å². The van der Waals surface area contributed by atoms with E-state index in [2.05, 4.69) is 0 Å². The van der Waals surface area contributed by atoms with Gasteiger partial charge in [-0.05, 0) is 26.7 Å². The summed E-state index contributed by atoms with van der Waals surface area (Å²) in [5, 5.41) is 0. The second-order valence-corrected chi connectivity index (χ2v) is 4.56. The Morgan fingerprint density at radius 3 is 2.41 bits per heavy atom. The van der Waals surface area contributed by atoms with Gasteiger partial charge < -0.3 is 14.2 Å². The van der Waals surface area contributed by atoms with E-state index in [0.29, 0.717) is 19.8 Å². The smallest absolute Gasteiger partial charge is 0.333 e. The van der Waals surface area contributed by atoms with Crippen LogP contribution < -0.4 is 0 Å². The molecule has 0 bridgehead atoms. The third-order valence-corrected chi connectivity index (χ3v) is 3.54. The molecule has 0 aromatic heterocycles. The van der Waals surface area contributed by atoms with Gasteiger partial charge in [-0.2, -0.15) is 0 Å². The highest BCUT2D eigenvalue weighted by molar-refractivity contribution is 5.88. The summed E-state index contributed by atoms with van der Waals surface area (Å²) in [6.07, 6.45) is 3.42. The standard InChI is InChI=1S/C13H20O4/c1-3-15-12(14)10(2)11-4-6-13(7-5-11)16-8-9-17-13/h3-9H2,1-2H3. The number of rotatable bonds is 2. The summed E-state index contributed by atoms with van der Waals surface area (Å²) in [6, 6.07) is 0. The van der Waals surface area contributed by atoms with E-state index >= 15 is 0 Å². The molecule has 17 heavy (non-hydrogen) atoms. The Bertz CT molecular complexity index is 314. The van der Waals surface area contributed by atoms with Crippen LogP contribution in [0.3, 0.4) is 0 Å². The second-order valence-electron chi connectivity index (χ2n) is 4.56. The van der Waals surface area contributed by atoms with Crippen LogP contribution in [0.25, 0.3) is 0 Å². The van der Waals surface area contributed by atoms with Gasteiger partial charge in [-0.3, -0.25) is 0 Å². The first-order valence-electron chi connectivity index (χ1n) is 6.30. The van der Waals surface area contributed by atoms with Crippen LogP contribution in [0.5, 0.6) is 0 Å². The summed E-state index contributed by atoms with van der Waals surface area (Å²) in [5.41, 5.74) is 1.95. The van der Waals surface area contributed by atoms with Crippen molar-refractivity contribution in [1.82, 2.24) is 0 Å². The molecule has 2 rings (SSSR count). The Balaban J connectivity index is 1.97. The first-order valence-corrected chi connectivity index (χ1v) is 6.30. The van der Waals surface area contributed by atoms with Crippen molar-refractivity contribution in [3.8, 4) is 0 Å². The molecule has 1 aliphatic carbocycles. The molecular formula is C13H20O4. The summed E-state index contributed by atoms with van der Waals surface area (Å²) >= 11 is 0. The Kier molecular flexibility index (Phi) is 3.84. The van der Waals surface area contributed by atoms with Gasteiger partial charge in [0.25, 0.3) is 0 Å². The van der Waals surface area contributed by atoms with Crippen molar-refractivity contribution in [2.75, 3.05) is 19.8 Å². The van der Waals surface area contributed by atoms with Crippen molar-refractivity contribution >= 4 is 5.97 Å². The number of allylic oxidation sites excluding steroid dienone is 1. The summed E-state index contributed by atoms with van der Waals surface area (Å²) in [5.74, 6) is -0.551. The van der Waals surface area contributed by atoms with Gasteiger partial charge in [0.05, 0.1) is 19.8 Å². The van der Waals surface area contributed by atoms with Gasteiger partial charge in [-0.25, -0.2) is 4.79 Å². The molecule has 0 aromatic rings. The monoisotopic (exact) mass is 240 g/mol. The lowest BCUT2D eigenvalue weighted by Gasteiger charge is -2.33. The van der Waals surface area contributed by atoms with E-state index in [1.165, 1.54) is 5.57 Å². The summed E-state index contributed by atoms with van der Waals surface area (Å²) in [4.78, 5) is 11.6. The lowest BCUT2D eigenvalue weighted by molar-refractivity contribution is -0.171. The van der Waals surface area contributed by atoms with Crippen LogP contribution in [0.4, 0.5) is 0 Å². The third-order valence-electron chi connectivity index (χ3n) is 3.54. The van der Waals surface area contributed by atoms with Gasteiger partial charge in [-0.1, -0.05) is 5.57 Å². The van der Waals surface area contributed by atoms with Crippen LogP contribution in [-0.2, 0) is 19.0 Å². The maximum absolute atomic E-state index is 11.6. The number of esters is 1. The predicted molar refractivity (Wildman–Crippen MR) is 62.4 cm³/mol. The zero-order valence-corrected chi connectivity index (χ0v) is 10.6. The van der Waals surface area contributed by atoms with Gasteiger partial charge in [0.15, 0.2) is 5.79 Å². The Hall–Kier alpha value is -0.870. The zero-order valence-electron chi connectivity index (χ0n) is 10.6. The molecule has 4 nitrogen and oxygen atoms in total. The van der Waals surface area contributed by atoms with Gasteiger partial charge in [0.2, 0.25) is 0 Å². The van der Waals surface area contributed by atoms with Crippen molar-refractivity contribution in [3.05, 3.63) is 11.1 Å². The van der Waals surface area contributed by atoms with Crippen molar-refractivity contribution in [2.45, 2.75) is 45.3 Å². The van der Waals surface area contributed by atoms with E-state index in [1.807, 2.05) is 13.8 Å². The molecule has 1 saturated carbocycles. The van der Waals surface area contributed by atoms with Gasteiger partial charge in [0, 0.05) is 18.4 Å². The van der Waals surface area contributed by atoms with Gasteiger partial charge in [-0.15, -0.1) is 0 Å². The minimum atomic E-state index is -0.363. The Morgan fingerprint density at radius 1 is 1.29 bits per heavy atom. The molecule has 2 aliphatic rings. The fourth-order valence-corrected chi connectivity index (χ4v) is 2.48. The highest BCUT2D eigenvalue weighted by Crippen LogP contribution is 2.39. The topological polar surface area (TPSA) is 44.8 Å². The number of ether oxygens (including phenoxy) is 3. The number of carbonyl (C=O) groups is 1. The van der Waals surface area contributed by atoms with Crippen LogP contribution >= 0.6 is 0 Å². The fourth-order valence-electron chi connectivity index (χ4n) is 2.48. The molecule has 1 spiro atoms. The fraction of sp³-hybridized carbons (Fsp3) is 0.769. The van der Waals surface area contributed by atoms with Crippen LogP contribution in [-0.4, -0.2) is 31.6 Å². The molecule has 1 saturated heterocycles. The Labute approximate surface area is 102 Å². The van der Waals surface area contributed by atoms with Crippen LogP contribution in [0, 0.1) is 0 Å². The summed E-state index contributed by atoms with van der Waals surface area (Å²) in [7, 11) is 0. The highest BCUT2D eigenvalue weighted by atomic mass is 16.7. The molecule has 0 amide bonds. The molecule has 1 aliphatic heterocycles. The van der Waals surface area contributed by atoms with E-state index in [9.17, 15) is 4.79 Å². The molecule has 0 radical (unpaired) electrons. The SMILES string of the molecule is CCOC(=O)C(C)=C1CCC2(CC1)OCCO2. The minimum Gasteiger partial charge on any atom is -0.463 e. The van der Waals surface area contributed by atoms with Crippen LogP contribution in [0.15, 0.2) is 11.1 Å². The second kappa shape index (κ2) is 5.19. The number of hydrogen-bond acceptors (Lipinski definition) is 4.